The van der Waals surface area contributed by atoms with Gasteiger partial charge in [-0.2, -0.15) is 5.26 Å². The van der Waals surface area contributed by atoms with Crippen LogP contribution < -0.4 is 0 Å². The molecule has 1 amide bonds. The molecule has 0 saturated heterocycles. The molecular formula is C25H24FN5O. The van der Waals surface area contributed by atoms with Crippen molar-refractivity contribution in [1.82, 2.24) is 14.7 Å². The van der Waals surface area contributed by atoms with Crippen LogP contribution in [0.15, 0.2) is 64.8 Å². The summed E-state index contributed by atoms with van der Waals surface area (Å²) in [5.41, 5.74) is 4.49. The van der Waals surface area contributed by atoms with Gasteiger partial charge in [0.1, 0.15) is 5.82 Å². The first-order valence-electron chi connectivity index (χ1n) is 10.9. The van der Waals surface area contributed by atoms with E-state index in [-0.39, 0.29) is 11.7 Å². The van der Waals surface area contributed by atoms with Gasteiger partial charge in [0.15, 0.2) is 0 Å². The number of hydrogen-bond donors (Lipinski definition) is 0. The fourth-order valence-corrected chi connectivity index (χ4v) is 4.68. The standard InChI is InChI=1S/C25H24FN5O/c26-21-7-5-18(6-8-21)16-31-24(32)22-17-29(15-20-4-1-3-19(13-20)14-27)12-9-23(22)30-11-2-10-28-25(30)31/h1,3-8,13H,2,9-12,15-17H2. The zero-order chi connectivity index (χ0) is 22.1. The number of amides is 1. The van der Waals surface area contributed by atoms with E-state index in [1.165, 1.54) is 12.1 Å². The van der Waals surface area contributed by atoms with Gasteiger partial charge < -0.3 is 4.90 Å². The number of aliphatic imine (C=N–C) groups is 1. The Morgan fingerprint density at radius 1 is 1.06 bits per heavy atom. The van der Waals surface area contributed by atoms with Gasteiger partial charge in [-0.25, -0.2) is 4.39 Å². The van der Waals surface area contributed by atoms with Crippen molar-refractivity contribution in [2.75, 3.05) is 26.2 Å². The quantitative estimate of drug-likeness (QED) is 0.749. The summed E-state index contributed by atoms with van der Waals surface area (Å²) in [6, 6.07) is 16.1. The third-order valence-corrected chi connectivity index (χ3v) is 6.22. The lowest BCUT2D eigenvalue weighted by molar-refractivity contribution is -0.125. The zero-order valence-corrected chi connectivity index (χ0v) is 17.8. The van der Waals surface area contributed by atoms with Crippen molar-refractivity contribution in [2.24, 2.45) is 4.99 Å². The first kappa shape index (κ1) is 20.4. The molecule has 0 N–H and O–H groups in total. The number of fused-ring (bicyclic) bond motifs is 2. The molecule has 0 aromatic heterocycles. The van der Waals surface area contributed by atoms with Crippen LogP contribution in [0.5, 0.6) is 0 Å². The number of halogens is 1. The van der Waals surface area contributed by atoms with E-state index >= 15 is 0 Å². The minimum atomic E-state index is -0.288. The molecule has 3 heterocycles. The maximum Gasteiger partial charge on any atom is 0.259 e. The molecule has 7 heteroatoms. The Morgan fingerprint density at radius 2 is 1.91 bits per heavy atom. The number of nitriles is 1. The highest BCUT2D eigenvalue weighted by Gasteiger charge is 2.40. The molecule has 0 radical (unpaired) electrons. The Kier molecular flexibility index (Phi) is 5.46. The minimum Gasteiger partial charge on any atom is -0.315 e. The summed E-state index contributed by atoms with van der Waals surface area (Å²) in [7, 11) is 0. The lowest BCUT2D eigenvalue weighted by Crippen LogP contribution is -2.56. The first-order chi connectivity index (χ1) is 15.6. The number of rotatable bonds is 4. The number of carbonyl (C=O) groups excluding carboxylic acids is 1. The summed E-state index contributed by atoms with van der Waals surface area (Å²) >= 11 is 0. The first-order valence-corrected chi connectivity index (χ1v) is 10.9. The van der Waals surface area contributed by atoms with Crippen LogP contribution >= 0.6 is 0 Å². The summed E-state index contributed by atoms with van der Waals surface area (Å²) < 4.78 is 13.4. The number of guanidine groups is 1. The van der Waals surface area contributed by atoms with Gasteiger partial charge in [0.2, 0.25) is 5.96 Å². The molecule has 6 nitrogen and oxygen atoms in total. The van der Waals surface area contributed by atoms with Crippen molar-refractivity contribution in [2.45, 2.75) is 25.9 Å². The molecule has 0 saturated carbocycles. The van der Waals surface area contributed by atoms with Crippen LogP contribution in [-0.4, -0.2) is 52.7 Å². The lowest BCUT2D eigenvalue weighted by Gasteiger charge is -2.45. The molecule has 0 spiro atoms. The Hall–Kier alpha value is -3.50. The largest absolute Gasteiger partial charge is 0.315 e. The third-order valence-electron chi connectivity index (χ3n) is 6.22. The predicted octanol–water partition coefficient (Wildman–Crippen LogP) is 3.26. The zero-order valence-electron chi connectivity index (χ0n) is 17.8. The van der Waals surface area contributed by atoms with Crippen LogP contribution in [0.25, 0.3) is 0 Å². The fraction of sp³-hybridized carbons (Fsp3) is 0.320. The average Bonchev–Trinajstić information content (AvgIpc) is 2.83. The van der Waals surface area contributed by atoms with Crippen molar-refractivity contribution < 1.29 is 9.18 Å². The van der Waals surface area contributed by atoms with Crippen LogP contribution in [0.4, 0.5) is 4.39 Å². The smallest absolute Gasteiger partial charge is 0.259 e. The van der Waals surface area contributed by atoms with Gasteiger partial charge in [-0.15, -0.1) is 0 Å². The monoisotopic (exact) mass is 429 g/mol. The molecule has 2 aromatic carbocycles. The lowest BCUT2D eigenvalue weighted by atomic mass is 9.99. The van der Waals surface area contributed by atoms with Crippen molar-refractivity contribution in [3.05, 3.63) is 82.3 Å². The summed E-state index contributed by atoms with van der Waals surface area (Å²) in [5.74, 6) is 0.417. The Labute approximate surface area is 186 Å². The van der Waals surface area contributed by atoms with E-state index in [0.717, 1.165) is 54.3 Å². The topological polar surface area (TPSA) is 62.9 Å². The number of carbonyl (C=O) groups is 1. The summed E-state index contributed by atoms with van der Waals surface area (Å²) in [5, 5.41) is 9.17. The molecule has 0 bridgehead atoms. The van der Waals surface area contributed by atoms with Crippen molar-refractivity contribution in [3.8, 4) is 6.07 Å². The third kappa shape index (κ3) is 3.90. The van der Waals surface area contributed by atoms with Gasteiger partial charge in [0, 0.05) is 44.8 Å². The number of benzene rings is 2. The van der Waals surface area contributed by atoms with Gasteiger partial charge in [0.25, 0.3) is 5.91 Å². The van der Waals surface area contributed by atoms with Crippen molar-refractivity contribution in [3.63, 3.8) is 0 Å². The SMILES string of the molecule is N#Cc1cccc(CN2CCC3=C(C2)C(=O)N(Cc2ccc(F)cc2)C2=NCCCN23)c1. The number of nitrogens with zero attached hydrogens (tertiary/aromatic N) is 5. The molecule has 0 unspecified atom stereocenters. The highest BCUT2D eigenvalue weighted by atomic mass is 19.1. The van der Waals surface area contributed by atoms with Crippen LogP contribution in [0.2, 0.25) is 0 Å². The van der Waals surface area contributed by atoms with E-state index in [1.807, 2.05) is 18.2 Å². The van der Waals surface area contributed by atoms with Gasteiger partial charge in [0.05, 0.1) is 23.8 Å². The van der Waals surface area contributed by atoms with Crippen LogP contribution in [-0.2, 0) is 17.9 Å². The summed E-state index contributed by atoms with van der Waals surface area (Å²) in [6.45, 7) is 4.05. The van der Waals surface area contributed by atoms with Crippen LogP contribution in [0.3, 0.4) is 0 Å². The maximum atomic E-state index is 13.6. The second-order valence-electron chi connectivity index (χ2n) is 8.40. The summed E-state index contributed by atoms with van der Waals surface area (Å²) in [6.07, 6.45) is 1.76. The minimum absolute atomic E-state index is 0.0169. The van der Waals surface area contributed by atoms with Gasteiger partial charge in [-0.1, -0.05) is 24.3 Å². The maximum absolute atomic E-state index is 13.6. The molecule has 32 heavy (non-hydrogen) atoms. The summed E-state index contributed by atoms with van der Waals surface area (Å²) in [4.78, 5) is 24.5. The Bertz CT molecular complexity index is 1150. The molecule has 0 fully saturated rings. The number of hydrogen-bond acceptors (Lipinski definition) is 5. The predicted molar refractivity (Wildman–Crippen MR) is 119 cm³/mol. The Balaban J connectivity index is 1.41. The van der Waals surface area contributed by atoms with E-state index in [1.54, 1.807) is 23.1 Å². The van der Waals surface area contributed by atoms with E-state index in [4.69, 9.17) is 0 Å². The highest BCUT2D eigenvalue weighted by Crippen LogP contribution is 2.32. The van der Waals surface area contributed by atoms with Crippen molar-refractivity contribution in [1.29, 1.82) is 5.26 Å². The molecule has 5 rings (SSSR count). The second-order valence-corrected chi connectivity index (χ2v) is 8.40. The van der Waals surface area contributed by atoms with Crippen LogP contribution in [0, 0.1) is 17.1 Å². The average molecular weight is 429 g/mol. The van der Waals surface area contributed by atoms with E-state index in [0.29, 0.717) is 31.7 Å². The molecule has 0 aliphatic carbocycles. The molecule has 0 atom stereocenters. The van der Waals surface area contributed by atoms with Gasteiger partial charge in [-0.3, -0.25) is 19.6 Å². The van der Waals surface area contributed by atoms with E-state index in [2.05, 4.69) is 20.9 Å². The molecular weight excluding hydrogens is 405 g/mol. The Morgan fingerprint density at radius 3 is 2.72 bits per heavy atom. The normalized spacial score (nSPS) is 18.8. The van der Waals surface area contributed by atoms with Gasteiger partial charge in [-0.05, 0) is 41.8 Å². The van der Waals surface area contributed by atoms with Gasteiger partial charge >= 0.3 is 0 Å². The molecule has 3 aliphatic rings. The molecule has 2 aromatic rings. The van der Waals surface area contributed by atoms with Crippen molar-refractivity contribution >= 4 is 11.9 Å². The fourth-order valence-electron chi connectivity index (χ4n) is 4.68. The molecule has 162 valence electrons. The second kappa shape index (κ2) is 8.56. The van der Waals surface area contributed by atoms with E-state index < -0.39 is 0 Å². The molecule has 3 aliphatic heterocycles. The van der Waals surface area contributed by atoms with E-state index in [9.17, 15) is 14.4 Å². The van der Waals surface area contributed by atoms with Crippen LogP contribution in [0.1, 0.15) is 29.5 Å². The highest BCUT2D eigenvalue weighted by molar-refractivity contribution is 6.09.